The topological polar surface area (TPSA) is 90.7 Å². The van der Waals surface area contributed by atoms with E-state index in [1.807, 2.05) is 24.3 Å². The second-order valence-electron chi connectivity index (χ2n) is 5.63. The smallest absolute Gasteiger partial charge is 0.252 e. The molecule has 2 rings (SSSR count). The number of carbonyl (C=O) groups excluding carboxylic acids is 2. The number of hydrogen-bond donors (Lipinski definition) is 2. The maximum absolute atomic E-state index is 11.8. The summed E-state index contributed by atoms with van der Waals surface area (Å²) in [5, 5.41) is 2.74. The quantitative estimate of drug-likeness (QED) is 0.699. The number of benzene rings is 2. The Bertz CT molecular complexity index is 835. The first-order valence-corrected chi connectivity index (χ1v) is 8.47. The molecule has 2 aromatic carbocycles. The molecule has 0 aliphatic rings. The van der Waals surface area contributed by atoms with E-state index in [4.69, 9.17) is 15.2 Å². The number of rotatable bonds is 8. The van der Waals surface area contributed by atoms with E-state index in [1.165, 1.54) is 0 Å². The van der Waals surface area contributed by atoms with Crippen molar-refractivity contribution < 1.29 is 19.1 Å². The minimum Gasteiger partial charge on any atom is -0.497 e. The number of aryl methyl sites for hydroxylation is 1. The van der Waals surface area contributed by atoms with Gasteiger partial charge in [-0.25, -0.2) is 0 Å². The third kappa shape index (κ3) is 6.75. The molecule has 0 aromatic heterocycles. The normalized spacial score (nSPS) is 9.67. The zero-order chi connectivity index (χ0) is 19.5. The molecule has 0 aliphatic heterocycles. The monoisotopic (exact) mass is 366 g/mol. The van der Waals surface area contributed by atoms with Gasteiger partial charge in [0.2, 0.25) is 5.91 Å². The summed E-state index contributed by atoms with van der Waals surface area (Å²) in [5.41, 5.74) is 6.66. The Hall–Kier alpha value is -3.46. The number of carbonyl (C=O) groups is 2. The van der Waals surface area contributed by atoms with Crippen LogP contribution in [0.15, 0.2) is 48.5 Å². The number of para-hydroxylation sites is 1. The zero-order valence-electron chi connectivity index (χ0n) is 15.2. The largest absolute Gasteiger partial charge is 0.497 e. The molecule has 6 nitrogen and oxygen atoms in total. The molecule has 3 N–H and O–H groups in total. The van der Waals surface area contributed by atoms with Crippen molar-refractivity contribution in [2.75, 3.05) is 20.3 Å². The predicted molar refractivity (Wildman–Crippen MR) is 103 cm³/mol. The number of ether oxygens (including phenoxy) is 2. The van der Waals surface area contributed by atoms with E-state index in [1.54, 1.807) is 31.4 Å². The van der Waals surface area contributed by atoms with Crippen LogP contribution in [0.3, 0.4) is 0 Å². The third-order valence-electron chi connectivity index (χ3n) is 3.75. The molecule has 2 aromatic rings. The summed E-state index contributed by atoms with van der Waals surface area (Å²) < 4.78 is 10.5. The zero-order valence-corrected chi connectivity index (χ0v) is 15.2. The van der Waals surface area contributed by atoms with Crippen LogP contribution in [0, 0.1) is 11.8 Å². The van der Waals surface area contributed by atoms with Crippen LogP contribution in [0.25, 0.3) is 0 Å². The molecule has 27 heavy (non-hydrogen) atoms. The molecule has 0 bridgehead atoms. The molecule has 0 spiro atoms. The lowest BCUT2D eigenvalue weighted by atomic mass is 10.1. The highest BCUT2D eigenvalue weighted by atomic mass is 16.5. The van der Waals surface area contributed by atoms with Crippen molar-refractivity contribution in [3.8, 4) is 23.3 Å². The minimum atomic E-state index is -0.553. The number of methoxy groups -OCH3 is 1. The highest BCUT2D eigenvalue weighted by Crippen LogP contribution is 2.16. The van der Waals surface area contributed by atoms with Crippen LogP contribution in [0.1, 0.15) is 22.3 Å². The third-order valence-corrected chi connectivity index (χ3v) is 3.75. The molecule has 0 fully saturated rings. The van der Waals surface area contributed by atoms with E-state index in [9.17, 15) is 9.59 Å². The van der Waals surface area contributed by atoms with E-state index in [-0.39, 0.29) is 19.1 Å². The van der Waals surface area contributed by atoms with Gasteiger partial charge in [-0.15, -0.1) is 0 Å². The van der Waals surface area contributed by atoms with Crippen molar-refractivity contribution in [3.05, 3.63) is 59.7 Å². The summed E-state index contributed by atoms with van der Waals surface area (Å²) in [6.45, 7) is 0.342. The lowest BCUT2D eigenvalue weighted by Crippen LogP contribution is -2.23. The maximum Gasteiger partial charge on any atom is 0.252 e. The van der Waals surface area contributed by atoms with Gasteiger partial charge in [-0.3, -0.25) is 9.59 Å². The van der Waals surface area contributed by atoms with E-state index >= 15 is 0 Å². The van der Waals surface area contributed by atoms with Gasteiger partial charge in [-0.1, -0.05) is 36.1 Å². The van der Waals surface area contributed by atoms with Crippen LogP contribution in [0.4, 0.5) is 0 Å². The molecule has 0 saturated carbocycles. The van der Waals surface area contributed by atoms with Crippen molar-refractivity contribution in [1.82, 2.24) is 5.32 Å². The Labute approximate surface area is 158 Å². The van der Waals surface area contributed by atoms with Crippen LogP contribution >= 0.6 is 0 Å². The first kappa shape index (κ1) is 19.9. The van der Waals surface area contributed by atoms with Gasteiger partial charge in [0.05, 0.1) is 19.2 Å². The van der Waals surface area contributed by atoms with Crippen LogP contribution in [0.2, 0.25) is 0 Å². The standard InChI is InChI=1S/C21H22N2O4/c1-26-17-11-8-16(9-12-17)10-13-20(24)23-14-4-5-15-27-19-7-3-2-6-18(19)21(22)25/h2-3,6-9,11-12H,10,13-15H2,1H3,(H2,22,25)(H,23,24). The van der Waals surface area contributed by atoms with Gasteiger partial charge in [0, 0.05) is 6.42 Å². The fraction of sp³-hybridized carbons (Fsp3) is 0.238. The average molecular weight is 366 g/mol. The van der Waals surface area contributed by atoms with Crippen LogP contribution < -0.4 is 20.5 Å². The van der Waals surface area contributed by atoms with Crippen molar-refractivity contribution in [1.29, 1.82) is 0 Å². The molecule has 0 radical (unpaired) electrons. The Morgan fingerprint density at radius 3 is 2.52 bits per heavy atom. The molecule has 0 saturated heterocycles. The van der Waals surface area contributed by atoms with Gasteiger partial charge in [-0.05, 0) is 36.2 Å². The van der Waals surface area contributed by atoms with Crippen LogP contribution in [-0.2, 0) is 11.2 Å². The molecule has 0 atom stereocenters. The van der Waals surface area contributed by atoms with Gasteiger partial charge in [0.15, 0.2) is 0 Å². The van der Waals surface area contributed by atoms with Gasteiger partial charge in [0.1, 0.15) is 18.1 Å². The molecule has 140 valence electrons. The molecule has 0 unspecified atom stereocenters. The number of amides is 2. The van der Waals surface area contributed by atoms with Crippen molar-refractivity contribution >= 4 is 11.8 Å². The summed E-state index contributed by atoms with van der Waals surface area (Å²) in [7, 11) is 1.62. The van der Waals surface area contributed by atoms with Gasteiger partial charge in [-0.2, -0.15) is 0 Å². The second-order valence-corrected chi connectivity index (χ2v) is 5.63. The fourth-order valence-electron chi connectivity index (χ4n) is 2.30. The van der Waals surface area contributed by atoms with Gasteiger partial charge in [0.25, 0.3) is 5.91 Å². The number of hydrogen-bond acceptors (Lipinski definition) is 4. The van der Waals surface area contributed by atoms with E-state index in [0.29, 0.717) is 24.2 Å². The first-order valence-electron chi connectivity index (χ1n) is 8.47. The maximum atomic E-state index is 11.8. The van der Waals surface area contributed by atoms with E-state index in [0.717, 1.165) is 11.3 Å². The van der Waals surface area contributed by atoms with Gasteiger partial charge < -0.3 is 20.5 Å². The molecule has 6 heteroatoms. The SMILES string of the molecule is COc1ccc(CCC(=O)NCC#CCOc2ccccc2C(N)=O)cc1. The van der Waals surface area contributed by atoms with Gasteiger partial charge >= 0.3 is 0 Å². The Morgan fingerprint density at radius 1 is 1.07 bits per heavy atom. The Morgan fingerprint density at radius 2 is 1.81 bits per heavy atom. The predicted octanol–water partition coefficient (Wildman–Crippen LogP) is 1.93. The van der Waals surface area contributed by atoms with E-state index < -0.39 is 5.91 Å². The average Bonchev–Trinajstić information content (AvgIpc) is 2.69. The van der Waals surface area contributed by atoms with Crippen molar-refractivity contribution in [3.63, 3.8) is 0 Å². The number of nitrogens with two attached hydrogens (primary N) is 1. The Balaban J connectivity index is 1.67. The lowest BCUT2D eigenvalue weighted by molar-refractivity contribution is -0.120. The minimum absolute atomic E-state index is 0.0693. The first-order chi connectivity index (χ1) is 13.1. The number of nitrogens with one attached hydrogen (secondary N) is 1. The van der Waals surface area contributed by atoms with Crippen molar-refractivity contribution in [2.45, 2.75) is 12.8 Å². The molecule has 0 aliphatic carbocycles. The van der Waals surface area contributed by atoms with Crippen molar-refractivity contribution in [2.24, 2.45) is 5.73 Å². The summed E-state index contributed by atoms with van der Waals surface area (Å²) in [6, 6.07) is 14.3. The molecule has 2 amide bonds. The summed E-state index contributed by atoms with van der Waals surface area (Å²) >= 11 is 0. The molecular weight excluding hydrogens is 344 g/mol. The van der Waals surface area contributed by atoms with E-state index in [2.05, 4.69) is 17.2 Å². The summed E-state index contributed by atoms with van der Waals surface area (Å²) in [5.74, 6) is 6.16. The molecular formula is C21H22N2O4. The van der Waals surface area contributed by atoms with Crippen LogP contribution in [-0.4, -0.2) is 32.1 Å². The summed E-state index contributed by atoms with van der Waals surface area (Å²) in [6.07, 6.45) is 1.03. The molecule has 0 heterocycles. The highest BCUT2D eigenvalue weighted by molar-refractivity contribution is 5.95. The van der Waals surface area contributed by atoms with Crippen LogP contribution in [0.5, 0.6) is 11.5 Å². The second kappa shape index (κ2) is 10.5. The lowest BCUT2D eigenvalue weighted by Gasteiger charge is -2.06. The fourth-order valence-corrected chi connectivity index (χ4v) is 2.30. The number of primary amides is 1. The highest BCUT2D eigenvalue weighted by Gasteiger charge is 2.07. The Kier molecular flexibility index (Phi) is 7.73. The summed E-state index contributed by atoms with van der Waals surface area (Å²) in [4.78, 5) is 23.1.